The molecule has 1 aliphatic carbocycles. The van der Waals surface area contributed by atoms with Gasteiger partial charge >= 0.3 is 5.97 Å². The molecule has 0 unspecified atom stereocenters. The number of nitrogens with zero attached hydrogens (tertiary/aromatic N) is 1. The number of methoxy groups -OCH3 is 1. The van der Waals surface area contributed by atoms with Gasteiger partial charge in [-0.2, -0.15) is 0 Å². The quantitative estimate of drug-likeness (QED) is 0.511. The molecule has 0 aromatic carbocycles. The van der Waals surface area contributed by atoms with Crippen LogP contribution in [0.1, 0.15) is 19.8 Å². The maximum Gasteiger partial charge on any atom is 0.316 e. The molecule has 92 valence electrons. The Morgan fingerprint density at radius 2 is 2.29 bits per heavy atom. The molecule has 1 aliphatic heterocycles. The van der Waals surface area contributed by atoms with E-state index in [1.54, 1.807) is 18.1 Å². The molecular weight excluding hydrogens is 218 g/mol. The van der Waals surface area contributed by atoms with Gasteiger partial charge in [0.2, 0.25) is 5.91 Å². The highest BCUT2D eigenvalue weighted by molar-refractivity contribution is 5.92. The SMILES string of the molecule is COC(=O)[C@@]12C=CN(C)C(=O)[C@@H]1CC(C)=CC2. The van der Waals surface area contributed by atoms with E-state index in [2.05, 4.69) is 0 Å². The molecule has 0 aromatic heterocycles. The lowest BCUT2D eigenvalue weighted by atomic mass is 9.65. The van der Waals surface area contributed by atoms with Crippen molar-refractivity contribution in [2.45, 2.75) is 19.8 Å². The maximum absolute atomic E-state index is 12.2. The molecule has 2 atom stereocenters. The molecule has 17 heavy (non-hydrogen) atoms. The lowest BCUT2D eigenvalue weighted by molar-refractivity contribution is -0.159. The van der Waals surface area contributed by atoms with E-state index in [1.165, 1.54) is 7.11 Å². The second-order valence-corrected chi connectivity index (χ2v) is 4.81. The van der Waals surface area contributed by atoms with Gasteiger partial charge in [-0.25, -0.2) is 0 Å². The van der Waals surface area contributed by atoms with E-state index >= 15 is 0 Å². The first-order chi connectivity index (χ1) is 8.01. The molecule has 2 rings (SSSR count). The number of hydrogen-bond acceptors (Lipinski definition) is 3. The van der Waals surface area contributed by atoms with Crippen molar-refractivity contribution in [3.8, 4) is 0 Å². The van der Waals surface area contributed by atoms with Gasteiger partial charge in [0.1, 0.15) is 5.41 Å². The molecule has 1 heterocycles. The monoisotopic (exact) mass is 235 g/mol. The Hall–Kier alpha value is -1.58. The summed E-state index contributed by atoms with van der Waals surface area (Å²) in [5, 5.41) is 0. The average molecular weight is 235 g/mol. The molecule has 0 saturated heterocycles. The summed E-state index contributed by atoms with van der Waals surface area (Å²) in [6.07, 6.45) is 6.68. The molecule has 0 radical (unpaired) electrons. The summed E-state index contributed by atoms with van der Waals surface area (Å²) in [4.78, 5) is 25.7. The summed E-state index contributed by atoms with van der Waals surface area (Å²) >= 11 is 0. The third-order valence-corrected chi connectivity index (χ3v) is 3.74. The minimum absolute atomic E-state index is 0.00894. The van der Waals surface area contributed by atoms with Crippen LogP contribution in [-0.2, 0) is 14.3 Å². The third kappa shape index (κ3) is 1.68. The summed E-state index contributed by atoms with van der Waals surface area (Å²) in [5.41, 5.74) is 0.365. The first kappa shape index (κ1) is 11.9. The normalized spacial score (nSPS) is 31.9. The first-order valence-corrected chi connectivity index (χ1v) is 5.71. The molecular formula is C13H17NO3. The largest absolute Gasteiger partial charge is 0.468 e. The van der Waals surface area contributed by atoms with Crippen LogP contribution in [-0.4, -0.2) is 30.9 Å². The number of ether oxygens (including phenoxy) is 1. The van der Waals surface area contributed by atoms with Gasteiger partial charge in [-0.1, -0.05) is 11.6 Å². The molecule has 2 aliphatic rings. The second kappa shape index (κ2) is 4.02. The van der Waals surface area contributed by atoms with Crippen molar-refractivity contribution in [3.05, 3.63) is 23.9 Å². The average Bonchev–Trinajstić information content (AvgIpc) is 2.34. The van der Waals surface area contributed by atoms with Gasteiger partial charge in [0.05, 0.1) is 13.0 Å². The van der Waals surface area contributed by atoms with Gasteiger partial charge in [0, 0.05) is 13.2 Å². The number of esters is 1. The fraction of sp³-hybridized carbons (Fsp3) is 0.538. The summed E-state index contributed by atoms with van der Waals surface area (Å²) in [6.45, 7) is 1.99. The van der Waals surface area contributed by atoms with Crippen molar-refractivity contribution in [3.63, 3.8) is 0 Å². The van der Waals surface area contributed by atoms with Crippen LogP contribution in [0.4, 0.5) is 0 Å². The van der Waals surface area contributed by atoms with Crippen LogP contribution in [0.25, 0.3) is 0 Å². The lowest BCUT2D eigenvalue weighted by Crippen LogP contribution is -2.50. The predicted octanol–water partition coefficient (Wildman–Crippen LogP) is 1.49. The van der Waals surface area contributed by atoms with Gasteiger partial charge < -0.3 is 9.64 Å². The standard InChI is InChI=1S/C13H17NO3/c1-9-4-5-13(12(16)17-3)6-7-14(2)11(15)10(13)8-9/h4,6-7,10H,5,8H2,1-3H3/t10-,13-/m0/s1. The van der Waals surface area contributed by atoms with Crippen LogP contribution >= 0.6 is 0 Å². The van der Waals surface area contributed by atoms with Crippen molar-refractivity contribution >= 4 is 11.9 Å². The van der Waals surface area contributed by atoms with E-state index in [4.69, 9.17) is 4.74 Å². The molecule has 4 heteroatoms. The van der Waals surface area contributed by atoms with Crippen molar-refractivity contribution in [2.75, 3.05) is 14.2 Å². The minimum Gasteiger partial charge on any atom is -0.468 e. The zero-order valence-electron chi connectivity index (χ0n) is 10.4. The fourth-order valence-corrected chi connectivity index (χ4v) is 2.61. The van der Waals surface area contributed by atoms with Crippen LogP contribution in [0.2, 0.25) is 0 Å². The van der Waals surface area contributed by atoms with Crippen LogP contribution < -0.4 is 0 Å². The Morgan fingerprint density at radius 3 is 2.94 bits per heavy atom. The Morgan fingerprint density at radius 1 is 1.59 bits per heavy atom. The Bertz CT molecular complexity index is 424. The smallest absolute Gasteiger partial charge is 0.316 e. The summed E-state index contributed by atoms with van der Waals surface area (Å²) < 4.78 is 4.88. The predicted molar refractivity (Wildman–Crippen MR) is 62.8 cm³/mol. The molecule has 0 bridgehead atoms. The van der Waals surface area contributed by atoms with Gasteiger partial charge in [0.15, 0.2) is 0 Å². The molecule has 0 spiro atoms. The van der Waals surface area contributed by atoms with Gasteiger partial charge in [-0.05, 0) is 25.8 Å². The zero-order valence-corrected chi connectivity index (χ0v) is 10.4. The van der Waals surface area contributed by atoms with E-state index in [1.807, 2.05) is 19.1 Å². The van der Waals surface area contributed by atoms with E-state index in [0.717, 1.165) is 5.57 Å². The number of rotatable bonds is 1. The van der Waals surface area contributed by atoms with Crippen LogP contribution in [0, 0.1) is 11.3 Å². The minimum atomic E-state index is -0.794. The van der Waals surface area contributed by atoms with Crippen molar-refractivity contribution in [2.24, 2.45) is 11.3 Å². The van der Waals surface area contributed by atoms with E-state index in [0.29, 0.717) is 12.8 Å². The molecule has 0 aromatic rings. The van der Waals surface area contributed by atoms with E-state index < -0.39 is 5.41 Å². The molecule has 0 N–H and O–H groups in total. The Labute approximate surface area is 101 Å². The maximum atomic E-state index is 12.2. The lowest BCUT2D eigenvalue weighted by Gasteiger charge is -2.41. The number of fused-ring (bicyclic) bond motifs is 1. The zero-order chi connectivity index (χ0) is 12.6. The van der Waals surface area contributed by atoms with Crippen molar-refractivity contribution < 1.29 is 14.3 Å². The number of carbonyl (C=O) groups is 2. The van der Waals surface area contributed by atoms with Gasteiger partial charge in [0.25, 0.3) is 0 Å². The van der Waals surface area contributed by atoms with Crippen LogP contribution in [0.15, 0.2) is 23.9 Å². The summed E-state index contributed by atoms with van der Waals surface area (Å²) in [5.74, 6) is -0.649. The van der Waals surface area contributed by atoms with Crippen molar-refractivity contribution in [1.29, 1.82) is 0 Å². The summed E-state index contributed by atoms with van der Waals surface area (Å²) in [7, 11) is 3.09. The first-order valence-electron chi connectivity index (χ1n) is 5.71. The summed E-state index contributed by atoms with van der Waals surface area (Å²) in [6, 6.07) is 0. The fourth-order valence-electron chi connectivity index (χ4n) is 2.61. The highest BCUT2D eigenvalue weighted by Gasteiger charge is 2.51. The highest BCUT2D eigenvalue weighted by atomic mass is 16.5. The van der Waals surface area contributed by atoms with E-state index in [-0.39, 0.29) is 17.8 Å². The number of amides is 1. The molecule has 0 saturated carbocycles. The Balaban J connectivity index is 2.48. The molecule has 0 fully saturated rings. The Kier molecular flexibility index (Phi) is 2.81. The van der Waals surface area contributed by atoms with E-state index in [9.17, 15) is 9.59 Å². The van der Waals surface area contributed by atoms with Crippen LogP contribution in [0.5, 0.6) is 0 Å². The van der Waals surface area contributed by atoms with Crippen molar-refractivity contribution in [1.82, 2.24) is 4.90 Å². The number of hydrogen-bond donors (Lipinski definition) is 0. The topological polar surface area (TPSA) is 46.6 Å². The number of allylic oxidation sites excluding steroid dienone is 2. The molecule has 1 amide bonds. The highest BCUT2D eigenvalue weighted by Crippen LogP contribution is 2.45. The third-order valence-electron chi connectivity index (χ3n) is 3.74. The van der Waals surface area contributed by atoms with Gasteiger partial charge in [-0.15, -0.1) is 0 Å². The van der Waals surface area contributed by atoms with Crippen LogP contribution in [0.3, 0.4) is 0 Å². The molecule has 4 nitrogen and oxygen atoms in total. The number of carbonyl (C=O) groups excluding carboxylic acids is 2. The second-order valence-electron chi connectivity index (χ2n) is 4.81. The van der Waals surface area contributed by atoms with Gasteiger partial charge in [-0.3, -0.25) is 9.59 Å².